The summed E-state index contributed by atoms with van der Waals surface area (Å²) in [6.45, 7) is 6.08. The predicted molar refractivity (Wildman–Crippen MR) is 125 cm³/mol. The summed E-state index contributed by atoms with van der Waals surface area (Å²) < 4.78 is 0. The summed E-state index contributed by atoms with van der Waals surface area (Å²) >= 11 is 1.65. The molecule has 0 unspecified atom stereocenters. The molecule has 6 rings (SSSR count). The molecule has 0 radical (unpaired) electrons. The third kappa shape index (κ3) is 2.91. The fourth-order valence-electron chi connectivity index (χ4n) is 5.21. The second-order valence-corrected chi connectivity index (χ2v) is 9.60. The lowest BCUT2D eigenvalue weighted by Crippen LogP contribution is -2.44. The Bertz CT molecular complexity index is 1270. The summed E-state index contributed by atoms with van der Waals surface area (Å²) in [5.74, 6) is 0.892. The number of piperidine rings is 1. The zero-order chi connectivity index (χ0) is 21.0. The first-order valence-electron chi connectivity index (χ1n) is 10.7. The Kier molecular flexibility index (Phi) is 4.23. The maximum atomic E-state index is 6.72. The van der Waals surface area contributed by atoms with Crippen LogP contribution in [0.15, 0.2) is 54.6 Å². The van der Waals surface area contributed by atoms with Crippen molar-refractivity contribution in [3.63, 3.8) is 0 Å². The van der Waals surface area contributed by atoms with Crippen LogP contribution in [0.4, 0.5) is 5.82 Å². The highest BCUT2D eigenvalue weighted by atomic mass is 32.1. The van der Waals surface area contributed by atoms with Crippen LogP contribution >= 0.6 is 11.3 Å². The molecule has 4 aromatic rings. The van der Waals surface area contributed by atoms with E-state index in [0.29, 0.717) is 5.65 Å². The van der Waals surface area contributed by atoms with Gasteiger partial charge in [0.2, 0.25) is 0 Å². The molecule has 1 aliphatic heterocycles. The third-order valence-electron chi connectivity index (χ3n) is 7.04. The Labute approximate surface area is 184 Å². The Balaban J connectivity index is 1.22. The van der Waals surface area contributed by atoms with Gasteiger partial charge in [-0.15, -0.1) is 11.3 Å². The van der Waals surface area contributed by atoms with Gasteiger partial charge in [0, 0.05) is 29.6 Å². The molecule has 31 heavy (non-hydrogen) atoms. The van der Waals surface area contributed by atoms with Crippen LogP contribution in [0.1, 0.15) is 40.6 Å². The van der Waals surface area contributed by atoms with E-state index in [9.17, 15) is 0 Å². The number of rotatable bonds is 3. The van der Waals surface area contributed by atoms with Crippen molar-refractivity contribution >= 4 is 33.9 Å². The van der Waals surface area contributed by atoms with Gasteiger partial charge in [-0.2, -0.15) is 5.10 Å². The van der Waals surface area contributed by atoms with Gasteiger partial charge in [-0.25, -0.2) is 9.97 Å². The minimum Gasteiger partial charge on any atom is -0.355 e. The number of benzene rings is 1. The molecule has 3 aromatic heterocycles. The molecule has 0 saturated carbocycles. The van der Waals surface area contributed by atoms with Crippen LogP contribution in [0.2, 0.25) is 0 Å². The van der Waals surface area contributed by atoms with Gasteiger partial charge in [0.25, 0.3) is 0 Å². The third-order valence-corrected chi connectivity index (χ3v) is 7.97. The molecule has 1 aliphatic carbocycles. The van der Waals surface area contributed by atoms with Crippen LogP contribution in [0.5, 0.6) is 0 Å². The van der Waals surface area contributed by atoms with Gasteiger partial charge in [0.15, 0.2) is 5.65 Å². The summed E-state index contributed by atoms with van der Waals surface area (Å²) in [7, 11) is 0. The van der Waals surface area contributed by atoms with Crippen molar-refractivity contribution < 1.29 is 0 Å². The van der Waals surface area contributed by atoms with Crippen molar-refractivity contribution in [1.29, 1.82) is 0 Å². The van der Waals surface area contributed by atoms with Gasteiger partial charge in [-0.3, -0.25) is 5.10 Å². The Morgan fingerprint density at radius 1 is 1.19 bits per heavy atom. The second kappa shape index (κ2) is 7.00. The van der Waals surface area contributed by atoms with Gasteiger partial charge in [0.1, 0.15) is 17.0 Å². The number of thiophene rings is 1. The SMILES string of the molecule is C=C(c1cccs1)c1n[nH]c2nc(N3CCC4(CC3)Cc3ccccc3[C@H]4N)cnc12. The first kappa shape index (κ1) is 18.7. The molecule has 2 aliphatic rings. The highest BCUT2D eigenvalue weighted by molar-refractivity contribution is 7.11. The van der Waals surface area contributed by atoms with Gasteiger partial charge in [0.05, 0.1) is 6.20 Å². The van der Waals surface area contributed by atoms with Crippen molar-refractivity contribution in [2.45, 2.75) is 25.3 Å². The van der Waals surface area contributed by atoms with Crippen LogP contribution in [0, 0.1) is 5.41 Å². The lowest BCUT2D eigenvalue weighted by Gasteiger charge is -2.42. The van der Waals surface area contributed by atoms with Crippen LogP contribution in [0.25, 0.3) is 16.7 Å². The lowest BCUT2D eigenvalue weighted by molar-refractivity contribution is 0.187. The zero-order valence-corrected chi connectivity index (χ0v) is 18.0. The van der Waals surface area contributed by atoms with E-state index in [1.807, 2.05) is 23.7 Å². The molecule has 7 heteroatoms. The first-order chi connectivity index (χ1) is 15.1. The predicted octanol–water partition coefficient (Wildman–Crippen LogP) is 4.32. The maximum Gasteiger partial charge on any atom is 0.177 e. The number of H-pyrrole nitrogens is 1. The average Bonchev–Trinajstić information content (AvgIpc) is 3.53. The minimum absolute atomic E-state index is 0.123. The lowest BCUT2D eigenvalue weighted by atomic mass is 9.73. The fourth-order valence-corrected chi connectivity index (χ4v) is 5.91. The van der Waals surface area contributed by atoms with Crippen molar-refractivity contribution in [2.24, 2.45) is 11.1 Å². The monoisotopic (exact) mass is 428 g/mol. The van der Waals surface area contributed by atoms with Gasteiger partial charge < -0.3 is 10.6 Å². The summed E-state index contributed by atoms with van der Waals surface area (Å²) in [5.41, 5.74) is 12.7. The Morgan fingerprint density at radius 2 is 2.03 bits per heavy atom. The minimum atomic E-state index is 0.123. The highest BCUT2D eigenvalue weighted by Gasteiger charge is 2.45. The molecule has 1 atom stereocenters. The number of anilines is 1. The van der Waals surface area contributed by atoms with E-state index >= 15 is 0 Å². The van der Waals surface area contributed by atoms with Gasteiger partial charge in [-0.05, 0) is 47.3 Å². The van der Waals surface area contributed by atoms with Crippen LogP contribution < -0.4 is 10.6 Å². The largest absolute Gasteiger partial charge is 0.355 e. The number of aromatic nitrogens is 4. The highest BCUT2D eigenvalue weighted by Crippen LogP contribution is 2.50. The quantitative estimate of drug-likeness (QED) is 0.508. The normalized spacial score (nSPS) is 19.8. The number of nitrogens with two attached hydrogens (primary N) is 1. The van der Waals surface area contributed by atoms with Crippen LogP contribution in [-0.4, -0.2) is 33.3 Å². The van der Waals surface area contributed by atoms with E-state index in [-0.39, 0.29) is 11.5 Å². The molecule has 156 valence electrons. The molecule has 0 amide bonds. The molecule has 1 fully saturated rings. The summed E-state index contributed by atoms with van der Waals surface area (Å²) in [5, 5.41) is 9.54. The second-order valence-electron chi connectivity index (χ2n) is 8.66. The number of fused-ring (bicyclic) bond motifs is 2. The maximum absolute atomic E-state index is 6.72. The molecular formula is C24H24N6S. The van der Waals surface area contributed by atoms with E-state index in [2.05, 4.69) is 45.9 Å². The first-order valence-corrected chi connectivity index (χ1v) is 11.6. The molecular weight excluding hydrogens is 404 g/mol. The van der Waals surface area contributed by atoms with E-state index < -0.39 is 0 Å². The fraction of sp³-hybridized carbons (Fsp3) is 0.292. The van der Waals surface area contributed by atoms with E-state index in [4.69, 9.17) is 15.7 Å². The molecule has 6 nitrogen and oxygen atoms in total. The van der Waals surface area contributed by atoms with E-state index in [0.717, 1.165) is 59.8 Å². The van der Waals surface area contributed by atoms with Crippen molar-refractivity contribution in [1.82, 2.24) is 20.2 Å². The standard InChI is InChI=1S/C24H24N6S/c1-15(18-7-4-12-31-18)20-21-23(29-28-20)27-19(14-26-21)30-10-8-24(9-11-30)13-16-5-2-3-6-17(16)22(24)25/h2-7,12,14,22H,1,8-11,13,25H2,(H,27,28,29)/t22-/m1/s1. The molecule has 4 heterocycles. The molecule has 1 spiro atoms. The Hall–Kier alpha value is -3.03. The number of nitrogens with zero attached hydrogens (tertiary/aromatic N) is 4. The summed E-state index contributed by atoms with van der Waals surface area (Å²) in [6, 6.07) is 12.8. The molecule has 0 bridgehead atoms. The van der Waals surface area contributed by atoms with Crippen LogP contribution in [0.3, 0.4) is 0 Å². The molecule has 3 N–H and O–H groups in total. The smallest absolute Gasteiger partial charge is 0.177 e. The van der Waals surface area contributed by atoms with Gasteiger partial charge in [-0.1, -0.05) is 36.9 Å². The van der Waals surface area contributed by atoms with E-state index in [1.165, 1.54) is 11.1 Å². The zero-order valence-electron chi connectivity index (χ0n) is 17.2. The van der Waals surface area contributed by atoms with Crippen molar-refractivity contribution in [2.75, 3.05) is 18.0 Å². The number of nitrogens with one attached hydrogen (secondary N) is 1. The molecule has 1 aromatic carbocycles. The number of hydrogen-bond acceptors (Lipinski definition) is 6. The average molecular weight is 429 g/mol. The van der Waals surface area contributed by atoms with Crippen LogP contribution in [-0.2, 0) is 6.42 Å². The molecule has 1 saturated heterocycles. The summed E-state index contributed by atoms with van der Waals surface area (Å²) in [6.07, 6.45) is 5.07. The van der Waals surface area contributed by atoms with Crippen molar-refractivity contribution in [3.8, 4) is 0 Å². The van der Waals surface area contributed by atoms with E-state index in [1.54, 1.807) is 11.3 Å². The number of hydrogen-bond donors (Lipinski definition) is 2. The Morgan fingerprint density at radius 3 is 2.81 bits per heavy atom. The van der Waals surface area contributed by atoms with Gasteiger partial charge >= 0.3 is 0 Å². The topological polar surface area (TPSA) is 83.7 Å². The van der Waals surface area contributed by atoms with Crippen molar-refractivity contribution in [3.05, 3.63) is 76.3 Å². The number of aromatic amines is 1. The summed E-state index contributed by atoms with van der Waals surface area (Å²) in [4.78, 5) is 13.0.